The van der Waals surface area contributed by atoms with Gasteiger partial charge in [-0.15, -0.1) is 0 Å². The van der Waals surface area contributed by atoms with Crippen molar-refractivity contribution in [3.05, 3.63) is 24.3 Å². The number of benzene rings is 1. The average Bonchev–Trinajstić information content (AvgIpc) is 2.51. The lowest BCUT2D eigenvalue weighted by Gasteiger charge is -2.12. The maximum Gasteiger partial charge on any atom is 0.343 e. The van der Waals surface area contributed by atoms with Gasteiger partial charge in [0.2, 0.25) is 5.91 Å². The fourth-order valence-electron chi connectivity index (χ4n) is 1.45. The first-order valence-electron chi connectivity index (χ1n) is 6.42. The molecule has 1 amide bonds. The predicted octanol–water partition coefficient (Wildman–Crippen LogP) is 1.26. The molecule has 1 aromatic carbocycles. The molecule has 0 aliphatic rings. The molecule has 0 aliphatic heterocycles. The summed E-state index contributed by atoms with van der Waals surface area (Å²) in [5.41, 5.74) is 6.41. The van der Waals surface area contributed by atoms with E-state index < -0.39 is 12.0 Å². The lowest BCUT2D eigenvalue weighted by Crippen LogP contribution is -2.36. The molecule has 0 unspecified atom stereocenters. The van der Waals surface area contributed by atoms with Crippen molar-refractivity contribution in [1.82, 2.24) is 0 Å². The minimum absolute atomic E-state index is 0.151. The molecule has 1 aromatic rings. The summed E-state index contributed by atoms with van der Waals surface area (Å²) in [6.07, 6.45) is 2.60. The molecule has 0 saturated carbocycles. The first-order chi connectivity index (χ1) is 10.1. The van der Waals surface area contributed by atoms with Gasteiger partial charge in [0.1, 0.15) is 5.75 Å². The number of carbonyl (C=O) groups is 2. The van der Waals surface area contributed by atoms with E-state index in [4.69, 9.17) is 10.5 Å². The summed E-state index contributed by atoms with van der Waals surface area (Å²) in [6, 6.07) is 6.17. The van der Waals surface area contributed by atoms with Gasteiger partial charge < -0.3 is 20.5 Å². The van der Waals surface area contributed by atoms with Crippen LogP contribution in [0.25, 0.3) is 0 Å². The third-order valence-electron chi connectivity index (χ3n) is 2.68. The second-order valence-electron chi connectivity index (χ2n) is 4.27. The highest BCUT2D eigenvalue weighted by molar-refractivity contribution is 7.98. The van der Waals surface area contributed by atoms with Crippen molar-refractivity contribution in [2.24, 2.45) is 5.73 Å². The Morgan fingerprint density at radius 3 is 2.57 bits per heavy atom. The van der Waals surface area contributed by atoms with Crippen molar-refractivity contribution >= 4 is 29.3 Å². The minimum atomic E-state index is -0.521. The maximum absolute atomic E-state index is 11.8. The quantitative estimate of drug-likeness (QED) is 0.702. The van der Waals surface area contributed by atoms with Gasteiger partial charge in [-0.3, -0.25) is 4.79 Å². The molecule has 0 fully saturated rings. The summed E-state index contributed by atoms with van der Waals surface area (Å²) in [4.78, 5) is 22.8. The van der Waals surface area contributed by atoms with Crippen LogP contribution >= 0.6 is 11.8 Å². The average molecular weight is 312 g/mol. The van der Waals surface area contributed by atoms with Crippen LogP contribution in [0.3, 0.4) is 0 Å². The van der Waals surface area contributed by atoms with Crippen molar-refractivity contribution < 1.29 is 19.1 Å². The molecule has 0 aliphatic carbocycles. The van der Waals surface area contributed by atoms with E-state index in [9.17, 15) is 9.59 Å². The summed E-state index contributed by atoms with van der Waals surface area (Å²) in [6.45, 7) is -0.151. The molecule has 0 heterocycles. The number of ether oxygens (including phenoxy) is 2. The van der Waals surface area contributed by atoms with Gasteiger partial charge in [-0.05, 0) is 42.7 Å². The van der Waals surface area contributed by atoms with Gasteiger partial charge in [0.05, 0.1) is 13.2 Å². The van der Waals surface area contributed by atoms with Crippen LogP contribution in [0.2, 0.25) is 0 Å². The van der Waals surface area contributed by atoms with E-state index >= 15 is 0 Å². The predicted molar refractivity (Wildman–Crippen MR) is 83.6 cm³/mol. The molecule has 7 heteroatoms. The summed E-state index contributed by atoms with van der Waals surface area (Å²) < 4.78 is 9.67. The van der Waals surface area contributed by atoms with E-state index in [-0.39, 0.29) is 12.5 Å². The maximum atomic E-state index is 11.8. The Kier molecular flexibility index (Phi) is 7.63. The molecule has 0 bridgehead atoms. The Morgan fingerprint density at radius 2 is 2.00 bits per heavy atom. The van der Waals surface area contributed by atoms with E-state index in [1.54, 1.807) is 36.0 Å². The van der Waals surface area contributed by atoms with Crippen LogP contribution in [-0.2, 0) is 14.3 Å². The van der Waals surface area contributed by atoms with Gasteiger partial charge in [0.25, 0.3) is 0 Å². The van der Waals surface area contributed by atoms with E-state index in [2.05, 4.69) is 10.1 Å². The van der Waals surface area contributed by atoms with Crippen molar-refractivity contribution in [1.29, 1.82) is 0 Å². The van der Waals surface area contributed by atoms with Gasteiger partial charge in [0.15, 0.2) is 6.61 Å². The van der Waals surface area contributed by atoms with Crippen LogP contribution in [0.4, 0.5) is 5.69 Å². The summed E-state index contributed by atoms with van der Waals surface area (Å²) >= 11 is 1.65. The van der Waals surface area contributed by atoms with Gasteiger partial charge in [-0.1, -0.05) is 0 Å². The molecule has 116 valence electrons. The topological polar surface area (TPSA) is 90.6 Å². The largest absolute Gasteiger partial charge is 0.482 e. The van der Waals surface area contributed by atoms with Crippen molar-refractivity contribution in [3.63, 3.8) is 0 Å². The zero-order valence-corrected chi connectivity index (χ0v) is 12.9. The Hall–Kier alpha value is -1.73. The number of methoxy groups -OCH3 is 1. The monoisotopic (exact) mass is 312 g/mol. The molecule has 21 heavy (non-hydrogen) atoms. The Bertz CT molecular complexity index is 465. The highest BCUT2D eigenvalue weighted by Crippen LogP contribution is 2.16. The lowest BCUT2D eigenvalue weighted by molar-refractivity contribution is -0.142. The fourth-order valence-corrected chi connectivity index (χ4v) is 1.94. The van der Waals surface area contributed by atoms with Crippen molar-refractivity contribution in [2.45, 2.75) is 12.5 Å². The first-order valence-corrected chi connectivity index (χ1v) is 7.81. The SMILES string of the molecule is COC(=O)COc1ccc(NC(=O)[C@@H](N)CCSC)cc1. The van der Waals surface area contributed by atoms with E-state index in [0.29, 0.717) is 17.9 Å². The van der Waals surface area contributed by atoms with Crippen LogP contribution in [0.5, 0.6) is 5.75 Å². The van der Waals surface area contributed by atoms with Gasteiger partial charge in [0, 0.05) is 5.69 Å². The zero-order chi connectivity index (χ0) is 15.7. The molecule has 1 rings (SSSR count). The second-order valence-corrected chi connectivity index (χ2v) is 5.25. The van der Waals surface area contributed by atoms with E-state index in [1.165, 1.54) is 7.11 Å². The first kappa shape index (κ1) is 17.3. The molecule has 3 N–H and O–H groups in total. The number of hydrogen-bond acceptors (Lipinski definition) is 6. The van der Waals surface area contributed by atoms with E-state index in [0.717, 1.165) is 5.75 Å². The number of nitrogens with two attached hydrogens (primary N) is 1. The minimum Gasteiger partial charge on any atom is -0.482 e. The Morgan fingerprint density at radius 1 is 1.33 bits per heavy atom. The Balaban J connectivity index is 2.46. The van der Waals surface area contributed by atoms with E-state index in [1.807, 2.05) is 6.26 Å². The zero-order valence-electron chi connectivity index (χ0n) is 12.1. The smallest absolute Gasteiger partial charge is 0.343 e. The standard InChI is InChI=1S/C14H20N2O4S/c1-19-13(17)9-20-11-5-3-10(4-6-11)16-14(18)12(15)7-8-21-2/h3-6,12H,7-9,15H2,1-2H3,(H,16,18)/t12-/m0/s1. The third-order valence-corrected chi connectivity index (χ3v) is 3.32. The number of thioether (sulfide) groups is 1. The van der Waals surface area contributed by atoms with Gasteiger partial charge in [-0.2, -0.15) is 11.8 Å². The molecular formula is C14H20N2O4S. The van der Waals surface area contributed by atoms with Crippen LogP contribution in [0.1, 0.15) is 6.42 Å². The molecule has 0 saturated heterocycles. The second kappa shape index (κ2) is 9.25. The lowest BCUT2D eigenvalue weighted by atomic mass is 10.2. The van der Waals surface area contributed by atoms with Crippen LogP contribution in [-0.4, -0.2) is 43.6 Å². The molecule has 6 nitrogen and oxygen atoms in total. The normalized spacial score (nSPS) is 11.6. The summed E-state index contributed by atoms with van der Waals surface area (Å²) in [5, 5.41) is 2.73. The molecular weight excluding hydrogens is 292 g/mol. The van der Waals surface area contributed by atoms with Gasteiger partial charge in [-0.25, -0.2) is 4.79 Å². The summed E-state index contributed by atoms with van der Waals surface area (Å²) in [5.74, 6) is 0.694. The van der Waals surface area contributed by atoms with Gasteiger partial charge >= 0.3 is 5.97 Å². The third kappa shape index (κ3) is 6.50. The molecule has 0 spiro atoms. The van der Waals surface area contributed by atoms with Crippen LogP contribution in [0, 0.1) is 0 Å². The molecule has 0 aromatic heterocycles. The highest BCUT2D eigenvalue weighted by Gasteiger charge is 2.12. The number of amides is 1. The number of rotatable bonds is 8. The Labute approximate surface area is 128 Å². The van der Waals surface area contributed by atoms with Crippen LogP contribution in [0.15, 0.2) is 24.3 Å². The van der Waals surface area contributed by atoms with Crippen molar-refractivity contribution in [3.8, 4) is 5.75 Å². The molecule has 0 radical (unpaired) electrons. The highest BCUT2D eigenvalue weighted by atomic mass is 32.2. The number of carbonyl (C=O) groups excluding carboxylic acids is 2. The van der Waals surface area contributed by atoms with Crippen LogP contribution < -0.4 is 15.8 Å². The number of hydrogen-bond donors (Lipinski definition) is 2. The number of esters is 1. The number of nitrogens with one attached hydrogen (secondary N) is 1. The summed E-state index contributed by atoms with van der Waals surface area (Å²) in [7, 11) is 1.30. The van der Waals surface area contributed by atoms with Crippen molar-refractivity contribution in [2.75, 3.05) is 31.0 Å². The molecule has 1 atom stereocenters. The number of anilines is 1. The fraction of sp³-hybridized carbons (Fsp3) is 0.429.